The zero-order valence-corrected chi connectivity index (χ0v) is 14.3. The second-order valence-corrected chi connectivity index (χ2v) is 6.49. The predicted molar refractivity (Wildman–Crippen MR) is 98.0 cm³/mol. The summed E-state index contributed by atoms with van der Waals surface area (Å²) in [5, 5.41) is 2.84. The first-order chi connectivity index (χ1) is 11.8. The molecule has 1 fully saturated rings. The second kappa shape index (κ2) is 8.11. The van der Waals surface area contributed by atoms with Crippen LogP contribution in [-0.2, 0) is 4.79 Å². The Hall–Kier alpha value is -2.13. The number of likely N-dealkylation sites (tertiary alicyclic amines) is 1. The molecule has 0 aromatic heterocycles. The number of hydrogen-bond acceptors (Lipinski definition) is 2. The molecule has 0 saturated carbocycles. The summed E-state index contributed by atoms with van der Waals surface area (Å²) in [5.74, 6) is 0.437. The van der Waals surface area contributed by atoms with Crippen LogP contribution >= 0.6 is 0 Å². The number of carbonyl (C=O) groups is 1. The average molecular weight is 322 g/mol. The fourth-order valence-electron chi connectivity index (χ4n) is 3.68. The molecule has 3 rings (SSSR count). The van der Waals surface area contributed by atoms with Gasteiger partial charge in [0.05, 0.1) is 6.04 Å². The lowest BCUT2D eigenvalue weighted by molar-refractivity contribution is -0.127. The van der Waals surface area contributed by atoms with Crippen molar-refractivity contribution in [3.63, 3.8) is 0 Å². The summed E-state index contributed by atoms with van der Waals surface area (Å²) >= 11 is 0. The van der Waals surface area contributed by atoms with Gasteiger partial charge in [0, 0.05) is 19.5 Å². The monoisotopic (exact) mass is 322 g/mol. The van der Waals surface area contributed by atoms with Crippen LogP contribution in [0.3, 0.4) is 0 Å². The summed E-state index contributed by atoms with van der Waals surface area (Å²) in [5.41, 5.74) is 2.62. The normalized spacial score (nSPS) is 18.5. The van der Waals surface area contributed by atoms with Crippen LogP contribution in [0.25, 0.3) is 0 Å². The van der Waals surface area contributed by atoms with Crippen LogP contribution in [0.1, 0.15) is 36.3 Å². The van der Waals surface area contributed by atoms with Gasteiger partial charge in [0.1, 0.15) is 0 Å². The maximum atomic E-state index is 12.3. The summed E-state index contributed by atoms with van der Waals surface area (Å²) in [4.78, 5) is 14.6. The van der Waals surface area contributed by atoms with E-state index in [1.54, 1.807) is 7.05 Å². The van der Waals surface area contributed by atoms with E-state index in [2.05, 4.69) is 70.9 Å². The van der Waals surface area contributed by atoms with Gasteiger partial charge in [0.15, 0.2) is 0 Å². The third-order valence-corrected chi connectivity index (χ3v) is 4.98. The zero-order valence-electron chi connectivity index (χ0n) is 14.3. The Kier molecular flexibility index (Phi) is 5.65. The fraction of sp³-hybridized carbons (Fsp3) is 0.381. The minimum atomic E-state index is -0.00123. The summed E-state index contributed by atoms with van der Waals surface area (Å²) in [6.07, 6.45) is 3.26. The van der Waals surface area contributed by atoms with Crippen LogP contribution in [-0.4, -0.2) is 37.0 Å². The number of nitrogens with one attached hydrogen (secondary N) is 1. The minimum Gasteiger partial charge on any atom is -0.358 e. The van der Waals surface area contributed by atoms with Crippen molar-refractivity contribution in [3.05, 3.63) is 71.8 Å². The zero-order chi connectivity index (χ0) is 16.8. The standard InChI is InChI=1S/C21H26N2O/c1-22-21(24)20-14-8-9-15-23(20)16-19(17-10-4-2-5-11-17)18-12-6-3-7-13-18/h2-7,10-13,19-20H,8-9,14-16H2,1H3,(H,22,24)/t20-/m0/s1. The predicted octanol–water partition coefficient (Wildman–Crippen LogP) is 3.42. The van der Waals surface area contributed by atoms with Gasteiger partial charge in [-0.1, -0.05) is 67.1 Å². The largest absolute Gasteiger partial charge is 0.358 e. The average Bonchev–Trinajstić information content (AvgIpc) is 2.67. The lowest BCUT2D eigenvalue weighted by Gasteiger charge is -2.37. The molecule has 3 heteroatoms. The van der Waals surface area contributed by atoms with Crippen molar-refractivity contribution in [1.29, 1.82) is 0 Å². The van der Waals surface area contributed by atoms with E-state index in [1.807, 2.05) is 0 Å². The molecule has 126 valence electrons. The quantitative estimate of drug-likeness (QED) is 0.915. The third kappa shape index (κ3) is 3.85. The van der Waals surface area contributed by atoms with E-state index in [1.165, 1.54) is 17.5 Å². The molecule has 24 heavy (non-hydrogen) atoms. The maximum absolute atomic E-state index is 12.3. The van der Waals surface area contributed by atoms with Crippen LogP contribution in [0.2, 0.25) is 0 Å². The summed E-state index contributed by atoms with van der Waals surface area (Å²) in [6.45, 7) is 1.88. The summed E-state index contributed by atoms with van der Waals surface area (Å²) in [7, 11) is 1.74. The first kappa shape index (κ1) is 16.7. The highest BCUT2D eigenvalue weighted by molar-refractivity contribution is 5.81. The topological polar surface area (TPSA) is 32.3 Å². The van der Waals surface area contributed by atoms with Gasteiger partial charge < -0.3 is 5.32 Å². The van der Waals surface area contributed by atoms with E-state index in [-0.39, 0.29) is 17.9 Å². The van der Waals surface area contributed by atoms with Crippen molar-refractivity contribution in [2.24, 2.45) is 0 Å². The molecule has 1 aliphatic rings. The highest BCUT2D eigenvalue weighted by Crippen LogP contribution is 2.28. The Labute approximate surface area is 144 Å². The van der Waals surface area contributed by atoms with Crippen LogP contribution in [0.4, 0.5) is 0 Å². The van der Waals surface area contributed by atoms with E-state index >= 15 is 0 Å². The summed E-state index contributed by atoms with van der Waals surface area (Å²) < 4.78 is 0. The van der Waals surface area contributed by atoms with Crippen molar-refractivity contribution >= 4 is 5.91 Å². The molecule has 1 saturated heterocycles. The van der Waals surface area contributed by atoms with E-state index in [4.69, 9.17) is 0 Å². The van der Waals surface area contributed by atoms with Gasteiger partial charge in [0.2, 0.25) is 5.91 Å². The van der Waals surface area contributed by atoms with Crippen molar-refractivity contribution < 1.29 is 4.79 Å². The molecule has 0 unspecified atom stereocenters. The Morgan fingerprint density at radius 1 is 1.04 bits per heavy atom. The van der Waals surface area contributed by atoms with Crippen molar-refractivity contribution in [2.75, 3.05) is 20.1 Å². The third-order valence-electron chi connectivity index (χ3n) is 4.98. The Morgan fingerprint density at radius 2 is 1.62 bits per heavy atom. The molecule has 1 amide bonds. The van der Waals surface area contributed by atoms with E-state index < -0.39 is 0 Å². The lowest BCUT2D eigenvalue weighted by Crippen LogP contribution is -2.50. The Morgan fingerprint density at radius 3 is 2.17 bits per heavy atom. The molecule has 0 spiro atoms. The van der Waals surface area contributed by atoms with E-state index in [9.17, 15) is 4.79 Å². The fourth-order valence-corrected chi connectivity index (χ4v) is 3.68. The molecule has 1 heterocycles. The molecular formula is C21H26N2O. The van der Waals surface area contributed by atoms with Crippen LogP contribution in [0.5, 0.6) is 0 Å². The Bertz CT molecular complexity index is 602. The molecule has 2 aromatic rings. The Balaban J connectivity index is 1.87. The maximum Gasteiger partial charge on any atom is 0.237 e. The van der Waals surface area contributed by atoms with Gasteiger partial charge >= 0.3 is 0 Å². The van der Waals surface area contributed by atoms with Crippen LogP contribution in [0.15, 0.2) is 60.7 Å². The molecule has 1 N–H and O–H groups in total. The molecule has 0 bridgehead atoms. The van der Waals surface area contributed by atoms with Gasteiger partial charge in [-0.3, -0.25) is 9.69 Å². The molecular weight excluding hydrogens is 296 g/mol. The van der Waals surface area contributed by atoms with Gasteiger partial charge in [-0.15, -0.1) is 0 Å². The minimum absolute atomic E-state index is 0.00123. The molecule has 3 nitrogen and oxygen atoms in total. The number of carbonyl (C=O) groups excluding carboxylic acids is 1. The number of hydrogen-bond donors (Lipinski definition) is 1. The highest BCUT2D eigenvalue weighted by Gasteiger charge is 2.30. The number of likely N-dealkylation sites (N-methyl/N-ethyl adjacent to an activating group) is 1. The smallest absolute Gasteiger partial charge is 0.237 e. The lowest BCUT2D eigenvalue weighted by atomic mass is 9.89. The first-order valence-electron chi connectivity index (χ1n) is 8.85. The van der Waals surface area contributed by atoms with Crippen LogP contribution in [0, 0.1) is 0 Å². The van der Waals surface area contributed by atoms with E-state index in [0.717, 1.165) is 25.9 Å². The first-order valence-corrected chi connectivity index (χ1v) is 8.85. The number of nitrogens with zero attached hydrogens (tertiary/aromatic N) is 1. The number of benzene rings is 2. The molecule has 1 atom stereocenters. The van der Waals surface area contributed by atoms with Crippen molar-refractivity contribution in [2.45, 2.75) is 31.2 Å². The highest BCUT2D eigenvalue weighted by atomic mass is 16.2. The van der Waals surface area contributed by atoms with Gasteiger partial charge in [-0.05, 0) is 30.5 Å². The van der Waals surface area contributed by atoms with Crippen molar-refractivity contribution in [1.82, 2.24) is 10.2 Å². The molecule has 0 radical (unpaired) electrons. The number of piperidine rings is 1. The van der Waals surface area contributed by atoms with Gasteiger partial charge in [-0.25, -0.2) is 0 Å². The number of amides is 1. The van der Waals surface area contributed by atoms with Crippen molar-refractivity contribution in [3.8, 4) is 0 Å². The molecule has 1 aliphatic heterocycles. The van der Waals surface area contributed by atoms with Crippen LogP contribution < -0.4 is 5.32 Å². The second-order valence-electron chi connectivity index (χ2n) is 6.49. The van der Waals surface area contributed by atoms with Gasteiger partial charge in [-0.2, -0.15) is 0 Å². The van der Waals surface area contributed by atoms with Gasteiger partial charge in [0.25, 0.3) is 0 Å². The SMILES string of the molecule is CNC(=O)[C@@H]1CCCCN1CC(c1ccccc1)c1ccccc1. The summed E-state index contributed by atoms with van der Waals surface area (Å²) in [6, 6.07) is 21.3. The van der Waals surface area contributed by atoms with E-state index in [0.29, 0.717) is 0 Å². The number of rotatable bonds is 5. The molecule has 0 aliphatic carbocycles. The molecule has 2 aromatic carbocycles.